The minimum atomic E-state index is -0.00789. The molecule has 1 saturated heterocycles. The van der Waals surface area contributed by atoms with Gasteiger partial charge in [0.1, 0.15) is 0 Å². The summed E-state index contributed by atoms with van der Waals surface area (Å²) in [5.41, 5.74) is 0. The third kappa shape index (κ3) is 4.17. The molecule has 0 saturated carbocycles. The third-order valence-corrected chi connectivity index (χ3v) is 3.01. The maximum absolute atomic E-state index is 8.79. The van der Waals surface area contributed by atoms with E-state index in [4.69, 9.17) is 10.00 Å². The van der Waals surface area contributed by atoms with Gasteiger partial charge in [-0.05, 0) is 32.4 Å². The summed E-state index contributed by atoms with van der Waals surface area (Å²) in [4.78, 5) is 2.42. The van der Waals surface area contributed by atoms with Crippen LogP contribution in [0.15, 0.2) is 0 Å². The number of ether oxygens (including phenoxy) is 1. The largest absolute Gasteiger partial charge is 0.384 e. The van der Waals surface area contributed by atoms with Gasteiger partial charge in [-0.15, -0.1) is 0 Å². The summed E-state index contributed by atoms with van der Waals surface area (Å²) in [6, 6.07) is 2.24. The van der Waals surface area contributed by atoms with Crippen molar-refractivity contribution in [3.05, 3.63) is 0 Å². The van der Waals surface area contributed by atoms with Crippen LogP contribution < -0.4 is 5.32 Å². The Bertz CT molecular complexity index is 214. The molecular formula is C11H21N3O. The molecule has 1 aliphatic rings. The van der Waals surface area contributed by atoms with E-state index in [0.717, 1.165) is 32.7 Å². The molecule has 2 atom stereocenters. The van der Waals surface area contributed by atoms with Crippen molar-refractivity contribution in [2.75, 3.05) is 40.4 Å². The summed E-state index contributed by atoms with van der Waals surface area (Å²) >= 11 is 0. The van der Waals surface area contributed by atoms with Gasteiger partial charge >= 0.3 is 0 Å². The normalized spacial score (nSPS) is 23.9. The summed E-state index contributed by atoms with van der Waals surface area (Å²) < 4.78 is 5.15. The summed E-state index contributed by atoms with van der Waals surface area (Å²) in [5.74, 6) is 0.685. The maximum Gasteiger partial charge on any atom is 0.0962 e. The first-order chi connectivity index (χ1) is 7.30. The van der Waals surface area contributed by atoms with Crippen molar-refractivity contribution < 1.29 is 4.74 Å². The molecule has 0 aromatic rings. The van der Waals surface area contributed by atoms with Crippen LogP contribution in [-0.2, 0) is 4.74 Å². The van der Waals surface area contributed by atoms with E-state index in [1.807, 2.05) is 7.05 Å². The summed E-state index contributed by atoms with van der Waals surface area (Å²) in [5, 5.41) is 11.8. The van der Waals surface area contributed by atoms with Gasteiger partial charge in [-0.3, -0.25) is 0 Å². The van der Waals surface area contributed by atoms with Crippen LogP contribution >= 0.6 is 0 Å². The van der Waals surface area contributed by atoms with Crippen LogP contribution in [0.5, 0.6) is 0 Å². The maximum atomic E-state index is 8.79. The summed E-state index contributed by atoms with van der Waals surface area (Å²) in [7, 11) is 3.60. The average molecular weight is 211 g/mol. The van der Waals surface area contributed by atoms with E-state index in [9.17, 15) is 0 Å². The predicted molar refractivity (Wildman–Crippen MR) is 59.5 cm³/mol. The topological polar surface area (TPSA) is 48.3 Å². The van der Waals surface area contributed by atoms with Crippen LogP contribution in [0.1, 0.15) is 12.8 Å². The van der Waals surface area contributed by atoms with Crippen LogP contribution in [0.25, 0.3) is 0 Å². The molecule has 0 amide bonds. The highest BCUT2D eigenvalue weighted by atomic mass is 16.5. The van der Waals surface area contributed by atoms with E-state index in [1.54, 1.807) is 7.11 Å². The molecule has 0 aliphatic carbocycles. The van der Waals surface area contributed by atoms with E-state index in [0.29, 0.717) is 5.92 Å². The highest BCUT2D eigenvalue weighted by Gasteiger charge is 2.22. The first kappa shape index (κ1) is 12.4. The molecule has 4 heteroatoms. The van der Waals surface area contributed by atoms with Gasteiger partial charge in [0.2, 0.25) is 0 Å². The van der Waals surface area contributed by atoms with E-state index >= 15 is 0 Å². The van der Waals surface area contributed by atoms with Crippen LogP contribution in [0.4, 0.5) is 0 Å². The minimum Gasteiger partial charge on any atom is -0.384 e. The lowest BCUT2D eigenvalue weighted by atomic mass is 10.1. The van der Waals surface area contributed by atoms with E-state index in [2.05, 4.69) is 16.3 Å². The number of hydrogen-bond donors (Lipinski definition) is 1. The van der Waals surface area contributed by atoms with Crippen LogP contribution in [-0.4, -0.2) is 51.3 Å². The molecule has 2 unspecified atom stereocenters. The van der Waals surface area contributed by atoms with Gasteiger partial charge in [0, 0.05) is 20.2 Å². The molecule has 0 aromatic carbocycles. The SMILES string of the molecule is CNC(C#N)CCN1CCC(COC)C1. The Morgan fingerprint density at radius 1 is 1.67 bits per heavy atom. The Kier molecular flexibility index (Phi) is 5.62. The molecule has 15 heavy (non-hydrogen) atoms. The second kappa shape index (κ2) is 6.78. The summed E-state index contributed by atoms with van der Waals surface area (Å²) in [6.45, 7) is 4.15. The van der Waals surface area contributed by atoms with Crippen LogP contribution in [0.2, 0.25) is 0 Å². The lowest BCUT2D eigenvalue weighted by Crippen LogP contribution is -2.30. The van der Waals surface area contributed by atoms with Gasteiger partial charge in [0.05, 0.1) is 18.7 Å². The Morgan fingerprint density at radius 3 is 3.07 bits per heavy atom. The lowest BCUT2D eigenvalue weighted by molar-refractivity contribution is 0.153. The molecule has 0 aromatic heterocycles. The van der Waals surface area contributed by atoms with E-state index in [1.165, 1.54) is 6.42 Å². The van der Waals surface area contributed by atoms with Crippen molar-refractivity contribution in [1.82, 2.24) is 10.2 Å². The molecule has 1 heterocycles. The number of methoxy groups -OCH3 is 1. The highest BCUT2D eigenvalue weighted by molar-refractivity contribution is 4.89. The number of hydrogen-bond acceptors (Lipinski definition) is 4. The molecule has 0 spiro atoms. The van der Waals surface area contributed by atoms with Crippen molar-refractivity contribution in [3.63, 3.8) is 0 Å². The third-order valence-electron chi connectivity index (χ3n) is 3.01. The first-order valence-corrected chi connectivity index (χ1v) is 5.58. The zero-order chi connectivity index (χ0) is 11.1. The van der Waals surface area contributed by atoms with Crippen molar-refractivity contribution in [2.45, 2.75) is 18.9 Å². The molecule has 0 bridgehead atoms. The molecule has 1 rings (SSSR count). The average Bonchev–Trinajstić information content (AvgIpc) is 2.68. The highest BCUT2D eigenvalue weighted by Crippen LogP contribution is 2.16. The van der Waals surface area contributed by atoms with Crippen molar-refractivity contribution >= 4 is 0 Å². The van der Waals surface area contributed by atoms with Crippen molar-refractivity contribution in [1.29, 1.82) is 5.26 Å². The Balaban J connectivity index is 2.16. The Morgan fingerprint density at radius 2 is 2.47 bits per heavy atom. The Labute approximate surface area is 92.2 Å². The van der Waals surface area contributed by atoms with Gasteiger partial charge in [-0.1, -0.05) is 0 Å². The number of rotatable bonds is 6. The number of nitriles is 1. The first-order valence-electron chi connectivity index (χ1n) is 5.58. The van der Waals surface area contributed by atoms with Crippen LogP contribution in [0.3, 0.4) is 0 Å². The monoisotopic (exact) mass is 211 g/mol. The summed E-state index contributed by atoms with van der Waals surface area (Å²) in [6.07, 6.45) is 2.14. The van der Waals surface area contributed by atoms with Gasteiger partial charge in [0.25, 0.3) is 0 Å². The Hall–Kier alpha value is -0.630. The molecular weight excluding hydrogens is 190 g/mol. The molecule has 1 N–H and O–H groups in total. The quantitative estimate of drug-likeness (QED) is 0.693. The fraction of sp³-hybridized carbons (Fsp3) is 0.909. The zero-order valence-corrected chi connectivity index (χ0v) is 9.70. The van der Waals surface area contributed by atoms with Gasteiger partial charge in [-0.25, -0.2) is 0 Å². The van der Waals surface area contributed by atoms with E-state index in [-0.39, 0.29) is 6.04 Å². The van der Waals surface area contributed by atoms with Crippen molar-refractivity contribution in [2.24, 2.45) is 5.92 Å². The molecule has 0 radical (unpaired) electrons. The van der Waals surface area contributed by atoms with Gasteiger partial charge in [-0.2, -0.15) is 5.26 Å². The number of likely N-dealkylation sites (tertiary alicyclic amines) is 1. The lowest BCUT2D eigenvalue weighted by Gasteiger charge is -2.17. The number of nitrogens with one attached hydrogen (secondary N) is 1. The predicted octanol–water partition coefficient (Wildman–Crippen LogP) is 0.456. The second-order valence-electron chi connectivity index (χ2n) is 4.17. The second-order valence-corrected chi connectivity index (χ2v) is 4.17. The smallest absolute Gasteiger partial charge is 0.0962 e. The molecule has 4 nitrogen and oxygen atoms in total. The molecule has 86 valence electrons. The zero-order valence-electron chi connectivity index (χ0n) is 9.70. The fourth-order valence-corrected chi connectivity index (χ4v) is 2.07. The fourth-order valence-electron chi connectivity index (χ4n) is 2.07. The molecule has 1 aliphatic heterocycles. The van der Waals surface area contributed by atoms with E-state index < -0.39 is 0 Å². The van der Waals surface area contributed by atoms with Crippen LogP contribution in [0, 0.1) is 17.2 Å². The standard InChI is InChI=1S/C11H21N3O/c1-13-11(7-12)4-6-14-5-3-10(8-14)9-15-2/h10-11,13H,3-6,8-9H2,1-2H3. The van der Waals surface area contributed by atoms with Gasteiger partial charge in [0.15, 0.2) is 0 Å². The van der Waals surface area contributed by atoms with Crippen molar-refractivity contribution in [3.8, 4) is 6.07 Å². The van der Waals surface area contributed by atoms with Gasteiger partial charge < -0.3 is 15.0 Å². The molecule has 1 fully saturated rings. The minimum absolute atomic E-state index is 0.00789. The number of nitrogens with zero attached hydrogens (tertiary/aromatic N) is 2.